The number of hydrogen-bond donors (Lipinski definition) is 1. The van der Waals surface area contributed by atoms with Gasteiger partial charge in [-0.15, -0.1) is 23.2 Å². The molecule has 278 valence electrons. The van der Waals surface area contributed by atoms with E-state index in [1.54, 1.807) is 22.6 Å². The van der Waals surface area contributed by atoms with Gasteiger partial charge in [0, 0.05) is 5.92 Å². The molecule has 4 aliphatic rings. The molecule has 0 unspecified atom stereocenters. The van der Waals surface area contributed by atoms with Crippen LogP contribution in [0.15, 0.2) is 66.2 Å². The number of benzene rings is 3. The SMILES string of the molecule is COc1cc([C@H]2C3=CC[C@@H]4C(=O)N(c5cc(C(F)(F)F)cc(C(F)(F)F)c5)C(=O)[C@@H]4[C@@H]3C[C@@]3(Cl)C(=O)N(c4ccc(F)cc4)C(=O)[C@@]23Cl)cc(I)c1O. The molecular weight excluding hydrogens is 875 g/mol. The van der Waals surface area contributed by atoms with Crippen molar-refractivity contribution in [1.82, 2.24) is 0 Å². The van der Waals surface area contributed by atoms with Crippen molar-refractivity contribution in [3.05, 3.63) is 92.3 Å². The molecule has 18 heteroatoms. The summed E-state index contributed by atoms with van der Waals surface area (Å²) in [6.07, 6.45) is -9.87. The van der Waals surface area contributed by atoms with Crippen molar-refractivity contribution < 1.29 is 59.8 Å². The number of methoxy groups -OCH3 is 1. The summed E-state index contributed by atoms with van der Waals surface area (Å²) in [6.45, 7) is 0. The minimum Gasteiger partial charge on any atom is -0.504 e. The number of carbonyl (C=O) groups is 4. The molecular formula is C35H22Cl2F7IN2O6. The lowest BCUT2D eigenvalue weighted by molar-refractivity contribution is -0.143. The van der Waals surface area contributed by atoms with E-state index in [4.69, 9.17) is 27.9 Å². The molecule has 1 N–H and O–H groups in total. The molecule has 2 heterocycles. The van der Waals surface area contributed by atoms with Crippen molar-refractivity contribution in [2.24, 2.45) is 17.8 Å². The van der Waals surface area contributed by atoms with Crippen LogP contribution in [0.5, 0.6) is 11.5 Å². The van der Waals surface area contributed by atoms with Crippen molar-refractivity contribution >= 4 is 80.8 Å². The molecule has 0 aromatic heterocycles. The summed E-state index contributed by atoms with van der Waals surface area (Å²) in [5.41, 5.74) is -4.11. The second-order valence-electron chi connectivity index (χ2n) is 13.1. The largest absolute Gasteiger partial charge is 0.504 e. The van der Waals surface area contributed by atoms with Crippen molar-refractivity contribution in [1.29, 1.82) is 0 Å². The normalized spacial score (nSPS) is 28.5. The minimum absolute atomic E-state index is 0.0702. The van der Waals surface area contributed by atoms with Gasteiger partial charge in [-0.05, 0) is 102 Å². The Balaban J connectivity index is 1.40. The Labute approximate surface area is 318 Å². The molecule has 0 bridgehead atoms. The standard InChI is InChI=1S/C35H22Cl2F7IN2O6/c1-53-24-9-14(8-23(45)27(24)48)26-20-6-7-21-25(29(50)46(28(21)49)19-11-15(34(39,40)41)10-16(12-19)35(42,43)44)22(20)13-32(36)30(51)47(31(52)33(26,32)37)18-4-2-17(38)3-5-18/h2-6,8-12,21-22,25-26,48H,7,13H2,1H3/t21-,22+,25-,26-,32+,33-/m0/s1. The zero-order valence-corrected chi connectivity index (χ0v) is 30.3. The Morgan fingerprint density at radius 3 is 2.00 bits per heavy atom. The van der Waals surface area contributed by atoms with E-state index in [0.717, 1.165) is 24.3 Å². The number of halogens is 10. The molecule has 3 fully saturated rings. The maximum atomic E-state index is 14.5. The monoisotopic (exact) mass is 896 g/mol. The number of alkyl halides is 8. The summed E-state index contributed by atoms with van der Waals surface area (Å²) in [4.78, 5) is 53.3. The van der Waals surface area contributed by atoms with Crippen LogP contribution in [-0.2, 0) is 31.5 Å². The molecule has 2 aliphatic heterocycles. The Morgan fingerprint density at radius 1 is 0.830 bits per heavy atom. The number of amides is 4. The highest BCUT2D eigenvalue weighted by molar-refractivity contribution is 14.1. The first-order valence-corrected chi connectivity index (χ1v) is 17.4. The fraction of sp³-hybridized carbons (Fsp3) is 0.314. The number of allylic oxidation sites excluding steroid dienone is 2. The van der Waals surface area contributed by atoms with Crippen molar-refractivity contribution in [3.8, 4) is 11.5 Å². The summed E-state index contributed by atoms with van der Waals surface area (Å²) < 4.78 is 102. The van der Waals surface area contributed by atoms with Gasteiger partial charge in [0.05, 0.1) is 45.0 Å². The first-order chi connectivity index (χ1) is 24.6. The number of rotatable bonds is 4. The highest BCUT2D eigenvalue weighted by Crippen LogP contribution is 2.66. The Kier molecular flexibility index (Phi) is 8.69. The van der Waals surface area contributed by atoms with Crippen LogP contribution in [0.25, 0.3) is 0 Å². The number of hydrogen-bond acceptors (Lipinski definition) is 6. The van der Waals surface area contributed by atoms with E-state index in [1.807, 2.05) is 0 Å². The number of aromatic hydroxyl groups is 1. The molecule has 0 spiro atoms. The van der Waals surface area contributed by atoms with Crippen LogP contribution in [0.1, 0.15) is 35.4 Å². The van der Waals surface area contributed by atoms with Crippen LogP contribution in [0.2, 0.25) is 0 Å². The Morgan fingerprint density at radius 2 is 1.43 bits per heavy atom. The van der Waals surface area contributed by atoms with E-state index >= 15 is 0 Å². The lowest BCUT2D eigenvalue weighted by atomic mass is 9.56. The van der Waals surface area contributed by atoms with Crippen molar-refractivity contribution in [3.63, 3.8) is 0 Å². The summed E-state index contributed by atoms with van der Waals surface area (Å²) >= 11 is 16.4. The number of phenolic OH excluding ortho intramolecular Hbond substituents is 1. The summed E-state index contributed by atoms with van der Waals surface area (Å²) in [5, 5.41) is 10.6. The lowest BCUT2D eigenvalue weighted by Crippen LogP contribution is -2.60. The van der Waals surface area contributed by atoms with Gasteiger partial charge in [-0.25, -0.2) is 14.2 Å². The summed E-state index contributed by atoms with van der Waals surface area (Å²) in [5.74, 6) is -10.7. The molecule has 2 saturated heterocycles. The first kappa shape index (κ1) is 37.4. The molecule has 3 aromatic carbocycles. The van der Waals surface area contributed by atoms with Crippen molar-refractivity contribution in [2.75, 3.05) is 16.9 Å². The number of nitrogens with zero attached hydrogens (tertiary/aromatic N) is 2. The number of carbonyl (C=O) groups excluding carboxylic acids is 4. The highest BCUT2D eigenvalue weighted by atomic mass is 127. The predicted octanol–water partition coefficient (Wildman–Crippen LogP) is 7.95. The van der Waals surface area contributed by atoms with E-state index < -0.39 is 98.5 Å². The van der Waals surface area contributed by atoms with Gasteiger partial charge >= 0.3 is 12.4 Å². The number of anilines is 2. The van der Waals surface area contributed by atoms with E-state index in [1.165, 1.54) is 25.3 Å². The van der Waals surface area contributed by atoms with Gasteiger partial charge in [0.15, 0.2) is 21.2 Å². The quantitative estimate of drug-likeness (QED) is 0.0939. The Bertz CT molecular complexity index is 2130. The third-order valence-corrected chi connectivity index (χ3v) is 12.6. The molecule has 6 atom stereocenters. The second-order valence-corrected chi connectivity index (χ2v) is 15.5. The number of phenols is 1. The topological polar surface area (TPSA) is 104 Å². The average Bonchev–Trinajstić information content (AvgIpc) is 3.43. The van der Waals surface area contributed by atoms with Gasteiger partial charge in [0.25, 0.3) is 11.8 Å². The van der Waals surface area contributed by atoms with E-state index in [9.17, 15) is 55.0 Å². The second kappa shape index (κ2) is 12.3. The molecule has 0 radical (unpaired) electrons. The maximum absolute atomic E-state index is 14.5. The van der Waals surface area contributed by atoms with Crippen LogP contribution >= 0.6 is 45.8 Å². The minimum atomic E-state index is -5.27. The molecule has 3 aromatic rings. The summed E-state index contributed by atoms with van der Waals surface area (Å²) in [6, 6.07) is 7.48. The Hall–Kier alpha value is -3.90. The predicted molar refractivity (Wildman–Crippen MR) is 183 cm³/mol. The maximum Gasteiger partial charge on any atom is 0.416 e. The zero-order chi connectivity index (χ0) is 38.7. The zero-order valence-electron chi connectivity index (χ0n) is 26.7. The molecule has 8 nitrogen and oxygen atoms in total. The van der Waals surface area contributed by atoms with Crippen LogP contribution in [0, 0.1) is 27.1 Å². The number of imide groups is 2. The van der Waals surface area contributed by atoms with Crippen LogP contribution in [-0.4, -0.2) is 45.6 Å². The first-order valence-electron chi connectivity index (χ1n) is 15.6. The van der Waals surface area contributed by atoms with E-state index in [2.05, 4.69) is 0 Å². The van der Waals surface area contributed by atoms with Gasteiger partial charge in [0.2, 0.25) is 11.8 Å². The van der Waals surface area contributed by atoms with Crippen molar-refractivity contribution in [2.45, 2.75) is 40.9 Å². The van der Waals surface area contributed by atoms with Gasteiger partial charge < -0.3 is 9.84 Å². The van der Waals surface area contributed by atoms with Crippen LogP contribution in [0.3, 0.4) is 0 Å². The fourth-order valence-corrected chi connectivity index (χ4v) is 9.57. The van der Waals surface area contributed by atoms with Crippen LogP contribution in [0.4, 0.5) is 42.1 Å². The van der Waals surface area contributed by atoms with Gasteiger partial charge in [0.1, 0.15) is 5.82 Å². The highest BCUT2D eigenvalue weighted by Gasteiger charge is 2.76. The smallest absolute Gasteiger partial charge is 0.416 e. The van der Waals surface area contributed by atoms with E-state index in [-0.39, 0.29) is 61.4 Å². The van der Waals surface area contributed by atoms with Crippen LogP contribution < -0.4 is 14.5 Å². The molecule has 4 amide bonds. The molecule has 53 heavy (non-hydrogen) atoms. The molecule has 7 rings (SSSR count). The third-order valence-electron chi connectivity index (χ3n) is 10.3. The van der Waals surface area contributed by atoms with Gasteiger partial charge in [-0.2, -0.15) is 26.3 Å². The molecule has 2 aliphatic carbocycles. The average molecular weight is 897 g/mol. The number of fused-ring (bicyclic) bond motifs is 4. The fourth-order valence-electron chi connectivity index (χ4n) is 8.01. The third kappa shape index (κ3) is 5.44. The van der Waals surface area contributed by atoms with E-state index in [0.29, 0.717) is 4.90 Å². The lowest BCUT2D eigenvalue weighted by Gasteiger charge is -2.50. The molecule has 1 saturated carbocycles. The number of ether oxygens (including phenoxy) is 1. The van der Waals surface area contributed by atoms with Gasteiger partial charge in [-0.3, -0.25) is 19.2 Å². The summed E-state index contributed by atoms with van der Waals surface area (Å²) in [7, 11) is 1.25. The van der Waals surface area contributed by atoms with Gasteiger partial charge in [-0.1, -0.05) is 11.6 Å².